The molecule has 6 heteroatoms. The average molecular weight is 399 g/mol. The van der Waals surface area contributed by atoms with Crippen LogP contribution >= 0.6 is 23.1 Å². The van der Waals surface area contributed by atoms with Gasteiger partial charge in [0.1, 0.15) is 10.8 Å². The van der Waals surface area contributed by atoms with Gasteiger partial charge in [-0.05, 0) is 48.6 Å². The standard InChI is InChI=1S/C21H22N2O2S2/c1-25-18-10-8-16(9-11-18)21-23-17(15-27-21)14-20(24)22-12-5-13-26-19-6-3-2-4-7-19/h2-4,6-11,15H,5,12-14H2,1H3,(H,22,24). The number of amides is 1. The Bertz CT molecular complexity index is 848. The maximum atomic E-state index is 12.1. The first-order valence-corrected chi connectivity index (χ1v) is 10.6. The monoisotopic (exact) mass is 398 g/mol. The van der Waals surface area contributed by atoms with Gasteiger partial charge in [-0.25, -0.2) is 4.98 Å². The predicted octanol–water partition coefficient (Wildman–Crippen LogP) is 4.66. The van der Waals surface area contributed by atoms with Crippen molar-refractivity contribution in [1.82, 2.24) is 10.3 Å². The van der Waals surface area contributed by atoms with E-state index in [1.165, 1.54) is 4.90 Å². The van der Waals surface area contributed by atoms with Gasteiger partial charge >= 0.3 is 0 Å². The maximum Gasteiger partial charge on any atom is 0.226 e. The zero-order valence-corrected chi connectivity index (χ0v) is 16.8. The fraction of sp³-hybridized carbons (Fsp3) is 0.238. The van der Waals surface area contributed by atoms with Gasteiger partial charge in [0, 0.05) is 22.4 Å². The van der Waals surface area contributed by atoms with Gasteiger partial charge in [0.25, 0.3) is 0 Å². The summed E-state index contributed by atoms with van der Waals surface area (Å²) in [6.07, 6.45) is 1.26. The summed E-state index contributed by atoms with van der Waals surface area (Å²) in [6.45, 7) is 0.689. The molecule has 0 atom stereocenters. The number of methoxy groups -OCH3 is 1. The molecule has 0 bridgehead atoms. The molecule has 0 saturated heterocycles. The molecule has 0 aliphatic carbocycles. The smallest absolute Gasteiger partial charge is 0.226 e. The first-order chi connectivity index (χ1) is 13.2. The molecular weight excluding hydrogens is 376 g/mol. The largest absolute Gasteiger partial charge is 0.497 e. The summed E-state index contributed by atoms with van der Waals surface area (Å²) in [6, 6.07) is 18.1. The van der Waals surface area contributed by atoms with Gasteiger partial charge in [0.15, 0.2) is 0 Å². The van der Waals surface area contributed by atoms with Crippen LogP contribution in [0.25, 0.3) is 10.6 Å². The van der Waals surface area contributed by atoms with Crippen LogP contribution in [0.3, 0.4) is 0 Å². The van der Waals surface area contributed by atoms with Gasteiger partial charge in [-0.1, -0.05) is 18.2 Å². The van der Waals surface area contributed by atoms with Crippen LogP contribution in [-0.2, 0) is 11.2 Å². The highest BCUT2D eigenvalue weighted by molar-refractivity contribution is 7.99. The van der Waals surface area contributed by atoms with Crippen molar-refractivity contribution >= 4 is 29.0 Å². The number of aromatic nitrogens is 1. The molecule has 3 rings (SSSR count). The van der Waals surface area contributed by atoms with E-state index in [0.717, 1.165) is 34.2 Å². The lowest BCUT2D eigenvalue weighted by Gasteiger charge is -2.04. The van der Waals surface area contributed by atoms with Gasteiger partial charge in [-0.3, -0.25) is 4.79 Å². The molecule has 3 aromatic rings. The summed E-state index contributed by atoms with van der Waals surface area (Å²) in [7, 11) is 1.65. The van der Waals surface area contributed by atoms with E-state index in [4.69, 9.17) is 4.74 Å². The lowest BCUT2D eigenvalue weighted by atomic mass is 10.2. The van der Waals surface area contributed by atoms with Crippen LogP contribution in [0.5, 0.6) is 5.75 Å². The van der Waals surface area contributed by atoms with Crippen molar-refractivity contribution in [2.45, 2.75) is 17.7 Å². The lowest BCUT2D eigenvalue weighted by Crippen LogP contribution is -2.26. The van der Waals surface area contributed by atoms with E-state index in [9.17, 15) is 4.79 Å². The molecule has 1 N–H and O–H groups in total. The predicted molar refractivity (Wildman–Crippen MR) is 113 cm³/mol. The van der Waals surface area contributed by atoms with Crippen LogP contribution in [0.1, 0.15) is 12.1 Å². The van der Waals surface area contributed by atoms with Crippen molar-refractivity contribution in [2.24, 2.45) is 0 Å². The Balaban J connectivity index is 1.40. The van der Waals surface area contributed by atoms with Gasteiger partial charge in [0.05, 0.1) is 19.2 Å². The first-order valence-electron chi connectivity index (χ1n) is 8.78. The van der Waals surface area contributed by atoms with Crippen LogP contribution in [0.4, 0.5) is 0 Å². The maximum absolute atomic E-state index is 12.1. The third-order valence-corrected chi connectivity index (χ3v) is 5.92. The molecule has 0 aliphatic rings. The quantitative estimate of drug-likeness (QED) is 0.421. The third kappa shape index (κ3) is 6.12. The summed E-state index contributed by atoms with van der Waals surface area (Å²) < 4.78 is 5.17. The summed E-state index contributed by atoms with van der Waals surface area (Å²) in [4.78, 5) is 17.9. The molecule has 0 saturated carbocycles. The molecule has 0 aliphatic heterocycles. The van der Waals surface area contributed by atoms with Crippen molar-refractivity contribution in [3.8, 4) is 16.3 Å². The highest BCUT2D eigenvalue weighted by Crippen LogP contribution is 2.25. The van der Waals surface area contributed by atoms with E-state index in [-0.39, 0.29) is 5.91 Å². The van der Waals surface area contributed by atoms with Gasteiger partial charge in [-0.15, -0.1) is 23.1 Å². The van der Waals surface area contributed by atoms with Crippen LogP contribution in [0.15, 0.2) is 64.9 Å². The van der Waals surface area contributed by atoms with Crippen molar-refractivity contribution in [3.05, 3.63) is 65.7 Å². The topological polar surface area (TPSA) is 51.2 Å². The van der Waals surface area contributed by atoms with Gasteiger partial charge < -0.3 is 10.1 Å². The molecule has 0 radical (unpaired) electrons. The van der Waals surface area contributed by atoms with E-state index < -0.39 is 0 Å². The number of carbonyl (C=O) groups is 1. The zero-order valence-electron chi connectivity index (χ0n) is 15.2. The van der Waals surface area contributed by atoms with Crippen molar-refractivity contribution in [1.29, 1.82) is 0 Å². The third-order valence-electron chi connectivity index (χ3n) is 3.89. The van der Waals surface area contributed by atoms with Gasteiger partial charge in [-0.2, -0.15) is 0 Å². The Morgan fingerprint density at radius 2 is 1.93 bits per heavy atom. The summed E-state index contributed by atoms with van der Waals surface area (Å²) in [5.74, 6) is 1.83. The number of benzene rings is 2. The number of carbonyl (C=O) groups excluding carboxylic acids is 1. The fourth-order valence-corrected chi connectivity index (χ4v) is 4.19. The Hall–Kier alpha value is -2.31. The Labute approximate surface area is 168 Å². The second kappa shape index (κ2) is 10.1. The molecule has 0 fully saturated rings. The minimum atomic E-state index is 0.0197. The van der Waals surface area contributed by atoms with Crippen LogP contribution in [-0.4, -0.2) is 30.3 Å². The number of thiazole rings is 1. The molecular formula is C21H22N2O2S2. The molecule has 4 nitrogen and oxygen atoms in total. The second-order valence-electron chi connectivity index (χ2n) is 5.91. The molecule has 1 amide bonds. The molecule has 27 heavy (non-hydrogen) atoms. The number of hydrogen-bond donors (Lipinski definition) is 1. The summed E-state index contributed by atoms with van der Waals surface area (Å²) in [5, 5.41) is 5.84. The Kier molecular flexibility index (Phi) is 7.30. The van der Waals surface area contributed by atoms with E-state index in [2.05, 4.69) is 22.4 Å². The zero-order chi connectivity index (χ0) is 18.9. The number of ether oxygens (including phenoxy) is 1. The number of nitrogens with one attached hydrogen (secondary N) is 1. The molecule has 0 spiro atoms. The highest BCUT2D eigenvalue weighted by Gasteiger charge is 2.09. The minimum Gasteiger partial charge on any atom is -0.497 e. The lowest BCUT2D eigenvalue weighted by molar-refractivity contribution is -0.120. The first kappa shape index (κ1) is 19.5. The van der Waals surface area contributed by atoms with Crippen LogP contribution in [0.2, 0.25) is 0 Å². The SMILES string of the molecule is COc1ccc(-c2nc(CC(=O)NCCCSc3ccccc3)cs2)cc1. The molecule has 1 aromatic heterocycles. The van der Waals surface area contributed by atoms with Crippen molar-refractivity contribution in [3.63, 3.8) is 0 Å². The molecule has 2 aromatic carbocycles. The number of thioether (sulfide) groups is 1. The van der Waals surface area contributed by atoms with E-state index in [1.807, 2.05) is 59.6 Å². The molecule has 1 heterocycles. The average Bonchev–Trinajstić information content (AvgIpc) is 3.17. The van der Waals surface area contributed by atoms with E-state index in [1.54, 1.807) is 18.4 Å². The van der Waals surface area contributed by atoms with Crippen LogP contribution < -0.4 is 10.1 Å². The number of nitrogens with zero attached hydrogens (tertiary/aromatic N) is 1. The van der Waals surface area contributed by atoms with Gasteiger partial charge in [0.2, 0.25) is 5.91 Å². The summed E-state index contributed by atoms with van der Waals surface area (Å²) >= 11 is 3.36. The van der Waals surface area contributed by atoms with Crippen LogP contribution in [0, 0.1) is 0 Å². The van der Waals surface area contributed by atoms with E-state index in [0.29, 0.717) is 13.0 Å². The van der Waals surface area contributed by atoms with Crippen molar-refractivity contribution in [2.75, 3.05) is 19.4 Å². The Morgan fingerprint density at radius 3 is 2.67 bits per heavy atom. The molecule has 140 valence electrons. The minimum absolute atomic E-state index is 0.0197. The fourth-order valence-electron chi connectivity index (χ4n) is 2.49. The molecule has 0 unspecified atom stereocenters. The Morgan fingerprint density at radius 1 is 1.15 bits per heavy atom. The van der Waals surface area contributed by atoms with E-state index >= 15 is 0 Å². The highest BCUT2D eigenvalue weighted by atomic mass is 32.2. The normalized spacial score (nSPS) is 10.6. The number of rotatable bonds is 9. The number of hydrogen-bond acceptors (Lipinski definition) is 5. The summed E-state index contributed by atoms with van der Waals surface area (Å²) in [5.41, 5.74) is 1.84. The second-order valence-corrected chi connectivity index (χ2v) is 7.94. The van der Waals surface area contributed by atoms with Crippen molar-refractivity contribution < 1.29 is 9.53 Å².